The van der Waals surface area contributed by atoms with E-state index in [9.17, 15) is 19.0 Å². The molecule has 192 valence electrons. The van der Waals surface area contributed by atoms with Crippen LogP contribution in [0.15, 0.2) is 0 Å². The van der Waals surface area contributed by atoms with Gasteiger partial charge in [0.05, 0.1) is 34.2 Å². The van der Waals surface area contributed by atoms with Crippen molar-refractivity contribution in [1.29, 1.82) is 0 Å². The van der Waals surface area contributed by atoms with Gasteiger partial charge in [-0.05, 0) is 19.3 Å². The van der Waals surface area contributed by atoms with Gasteiger partial charge < -0.3 is 25.3 Å². The number of hydrogen-bond acceptors (Lipinski definition) is 6. The molecule has 4 N–H and O–H groups in total. The minimum atomic E-state index is -4.31. The first-order chi connectivity index (χ1) is 14.4. The number of unbranched alkanes of at least 4 members (excludes halogenated alkanes) is 5. The number of rotatable bonds is 19. The number of carboxylic acids is 1. The average Bonchev–Trinajstić information content (AvgIpc) is 2.61. The fourth-order valence-corrected chi connectivity index (χ4v) is 4.06. The highest BCUT2D eigenvalue weighted by Gasteiger charge is 2.31. The first-order valence-corrected chi connectivity index (χ1v) is 12.8. The van der Waals surface area contributed by atoms with Crippen molar-refractivity contribution >= 4 is 19.7 Å². The van der Waals surface area contributed by atoms with Crippen molar-refractivity contribution in [3.63, 3.8) is 0 Å². The van der Waals surface area contributed by atoms with Crippen LogP contribution in [-0.4, -0.2) is 78.8 Å². The summed E-state index contributed by atoms with van der Waals surface area (Å²) in [4.78, 5) is 32.8. The zero-order valence-corrected chi connectivity index (χ0v) is 21.3. The van der Waals surface area contributed by atoms with Gasteiger partial charge in [0.25, 0.3) is 0 Å². The number of hydrogen-bond donors (Lipinski definition) is 3. The van der Waals surface area contributed by atoms with Crippen molar-refractivity contribution < 1.29 is 43.2 Å². The summed E-state index contributed by atoms with van der Waals surface area (Å²) in [6.07, 6.45) is 6.04. The van der Waals surface area contributed by atoms with Crippen molar-refractivity contribution in [2.75, 3.05) is 40.8 Å². The smallest absolute Gasteiger partial charge is 0.472 e. The Bertz CT molecular complexity index is 568. The van der Waals surface area contributed by atoms with Crippen molar-refractivity contribution in [3.05, 3.63) is 0 Å². The predicted molar refractivity (Wildman–Crippen MR) is 123 cm³/mol. The number of carbonyl (C=O) groups excluding carboxylic acids is 1. The molecule has 0 saturated carbocycles. The average molecular weight is 485 g/mol. The van der Waals surface area contributed by atoms with E-state index < -0.39 is 19.9 Å². The van der Waals surface area contributed by atoms with Crippen LogP contribution in [0.1, 0.15) is 71.6 Å². The van der Waals surface area contributed by atoms with Crippen molar-refractivity contribution in [2.45, 2.75) is 77.7 Å². The summed E-state index contributed by atoms with van der Waals surface area (Å²) in [5.74, 6) is -0.914. The third kappa shape index (κ3) is 19.6. The summed E-state index contributed by atoms with van der Waals surface area (Å²) < 4.78 is 22.6. The zero-order chi connectivity index (χ0) is 23.9. The molecule has 0 radical (unpaired) electrons. The molecule has 0 spiro atoms. The fraction of sp³-hybridized carbons (Fsp3) is 0.905. The molecule has 0 aliphatic rings. The molecule has 0 aliphatic heterocycles. The van der Waals surface area contributed by atoms with Gasteiger partial charge in [-0.15, -0.1) is 0 Å². The van der Waals surface area contributed by atoms with E-state index in [-0.39, 0.29) is 36.9 Å². The number of quaternary nitrogens is 1. The van der Waals surface area contributed by atoms with Crippen LogP contribution in [0.2, 0.25) is 0 Å². The molecule has 32 heavy (non-hydrogen) atoms. The van der Waals surface area contributed by atoms with Crippen LogP contribution < -0.4 is 5.32 Å². The Morgan fingerprint density at radius 1 is 1.06 bits per heavy atom. The normalized spacial score (nSPS) is 15.3. The topological polar surface area (TPSA) is 152 Å². The van der Waals surface area contributed by atoms with E-state index in [1.165, 1.54) is 0 Å². The van der Waals surface area contributed by atoms with Crippen LogP contribution in [0.3, 0.4) is 0 Å². The van der Waals surface area contributed by atoms with Crippen LogP contribution in [-0.2, 0) is 23.2 Å². The summed E-state index contributed by atoms with van der Waals surface area (Å²) in [5.41, 5.74) is 0. The van der Waals surface area contributed by atoms with Gasteiger partial charge >= 0.3 is 13.8 Å². The SMILES string of the molecule is CCCCC(C)C(=O)NCCCCCCCOP(=O)(O)O[C@H](CC(=O)O)C[N+](C)(C)C.[OH-]. The van der Waals surface area contributed by atoms with E-state index in [1.807, 2.05) is 28.1 Å². The lowest BCUT2D eigenvalue weighted by molar-refractivity contribution is -0.873. The maximum absolute atomic E-state index is 12.1. The van der Waals surface area contributed by atoms with Crippen LogP contribution in [0.25, 0.3) is 0 Å². The van der Waals surface area contributed by atoms with E-state index in [0.717, 1.165) is 44.9 Å². The number of likely N-dealkylation sites (N-methyl/N-ethyl adjacent to an activating group) is 1. The second kappa shape index (κ2) is 17.4. The standard InChI is InChI=1S/C21H43N2O7P.H2O/c1-6-7-13-18(2)21(26)22-14-11-9-8-10-12-15-29-31(27,28)30-19(16-20(24)25)17-23(3,4)5;/h18-19H,6-17H2,1-5H3,(H2-,22,24,25,26,27,28);1H2/t18?,19-;/m1./s1. The fourth-order valence-electron chi connectivity index (χ4n) is 3.12. The zero-order valence-electron chi connectivity index (χ0n) is 20.4. The lowest BCUT2D eigenvalue weighted by Gasteiger charge is -2.29. The maximum atomic E-state index is 12.1. The minimum absolute atomic E-state index is 0. The third-order valence-electron chi connectivity index (χ3n) is 4.75. The van der Waals surface area contributed by atoms with E-state index >= 15 is 0 Å². The summed E-state index contributed by atoms with van der Waals surface area (Å²) in [5, 5.41) is 11.9. The molecule has 11 heteroatoms. The Labute approximate surface area is 193 Å². The Morgan fingerprint density at radius 3 is 2.22 bits per heavy atom. The van der Waals surface area contributed by atoms with Gasteiger partial charge in [-0.3, -0.25) is 18.6 Å². The predicted octanol–water partition coefficient (Wildman–Crippen LogP) is 3.39. The summed E-state index contributed by atoms with van der Waals surface area (Å²) in [6.45, 7) is 5.09. The molecule has 0 fully saturated rings. The lowest BCUT2D eigenvalue weighted by Crippen LogP contribution is -2.42. The van der Waals surface area contributed by atoms with Gasteiger partial charge in [-0.25, -0.2) is 4.57 Å². The number of carbonyl (C=O) groups is 2. The molecule has 2 unspecified atom stereocenters. The van der Waals surface area contributed by atoms with Crippen LogP contribution in [0.4, 0.5) is 0 Å². The highest BCUT2D eigenvalue weighted by molar-refractivity contribution is 7.47. The number of phosphoric ester groups is 1. The second-order valence-corrected chi connectivity index (χ2v) is 10.6. The molecule has 10 nitrogen and oxygen atoms in total. The minimum Gasteiger partial charge on any atom is -0.870 e. The molecule has 0 saturated heterocycles. The molecule has 1 amide bonds. The first-order valence-electron chi connectivity index (χ1n) is 11.3. The Hall–Kier alpha value is -1.03. The molecule has 0 heterocycles. The lowest BCUT2D eigenvalue weighted by atomic mass is 10.0. The summed E-state index contributed by atoms with van der Waals surface area (Å²) >= 11 is 0. The molecule has 0 aromatic rings. The van der Waals surface area contributed by atoms with Gasteiger partial charge in [-0.2, -0.15) is 0 Å². The van der Waals surface area contributed by atoms with Crippen LogP contribution in [0.5, 0.6) is 0 Å². The maximum Gasteiger partial charge on any atom is 0.472 e. The van der Waals surface area contributed by atoms with E-state index in [2.05, 4.69) is 12.2 Å². The highest BCUT2D eigenvalue weighted by Crippen LogP contribution is 2.45. The van der Waals surface area contributed by atoms with Gasteiger partial charge in [-0.1, -0.05) is 46.0 Å². The molecule has 0 bridgehead atoms. The van der Waals surface area contributed by atoms with Gasteiger partial charge in [0.15, 0.2) is 0 Å². The molecule has 0 aromatic carbocycles. The number of nitrogens with one attached hydrogen (secondary N) is 1. The Morgan fingerprint density at radius 2 is 1.66 bits per heavy atom. The molecule has 3 atom stereocenters. The van der Waals surface area contributed by atoms with Crippen molar-refractivity contribution in [2.24, 2.45) is 5.92 Å². The van der Waals surface area contributed by atoms with E-state index in [1.54, 1.807) is 0 Å². The van der Waals surface area contributed by atoms with Crippen molar-refractivity contribution in [3.8, 4) is 0 Å². The molecular weight excluding hydrogens is 439 g/mol. The number of phosphoric acid groups is 1. The van der Waals surface area contributed by atoms with E-state index in [4.69, 9.17) is 14.2 Å². The summed E-state index contributed by atoms with van der Waals surface area (Å²) in [6, 6.07) is 0. The molecular formula is C21H45N2O8P. The molecule has 0 aromatic heterocycles. The quantitative estimate of drug-likeness (QED) is 0.143. The Kier molecular flexibility index (Phi) is 18.1. The number of carboxylic acid groups (broad SMARTS) is 1. The first kappa shape index (κ1) is 33.1. The highest BCUT2D eigenvalue weighted by atomic mass is 31.2. The third-order valence-corrected chi connectivity index (χ3v) is 5.82. The number of amides is 1. The largest absolute Gasteiger partial charge is 0.870 e. The molecule has 0 aliphatic carbocycles. The summed E-state index contributed by atoms with van der Waals surface area (Å²) in [7, 11) is 1.23. The number of nitrogens with zero attached hydrogens (tertiary/aromatic N) is 1. The monoisotopic (exact) mass is 484 g/mol. The van der Waals surface area contributed by atoms with Crippen molar-refractivity contribution in [1.82, 2.24) is 5.32 Å². The second-order valence-electron chi connectivity index (χ2n) is 9.20. The Balaban J connectivity index is 0. The van der Waals surface area contributed by atoms with Gasteiger partial charge in [0.1, 0.15) is 12.6 Å². The van der Waals surface area contributed by atoms with Gasteiger partial charge in [0, 0.05) is 12.5 Å². The van der Waals surface area contributed by atoms with Crippen LogP contribution >= 0.6 is 7.82 Å². The number of aliphatic carboxylic acids is 1. The van der Waals surface area contributed by atoms with Crippen LogP contribution in [0, 0.1) is 5.92 Å². The van der Waals surface area contributed by atoms with Gasteiger partial charge in [0.2, 0.25) is 5.91 Å². The van der Waals surface area contributed by atoms with E-state index in [0.29, 0.717) is 17.4 Å². The molecule has 0 rings (SSSR count).